The van der Waals surface area contributed by atoms with E-state index in [0.29, 0.717) is 21.4 Å². The number of para-hydroxylation sites is 1. The van der Waals surface area contributed by atoms with Gasteiger partial charge in [0.15, 0.2) is 0 Å². The van der Waals surface area contributed by atoms with Crippen LogP contribution in [-0.4, -0.2) is 54.6 Å². The zero-order valence-corrected chi connectivity index (χ0v) is 16.3. The SMILES string of the molecule is CN1C2CCCC1CC(NC(=O)c1c(F)n(S(C)(=O)=O)c3ccccc13)C2. The van der Waals surface area contributed by atoms with E-state index in [4.69, 9.17) is 0 Å². The van der Waals surface area contributed by atoms with E-state index in [1.165, 1.54) is 12.5 Å². The normalized spacial score (nSPS) is 26.3. The van der Waals surface area contributed by atoms with Gasteiger partial charge in [-0.25, -0.2) is 12.4 Å². The molecule has 1 amide bonds. The van der Waals surface area contributed by atoms with Gasteiger partial charge in [-0.1, -0.05) is 24.6 Å². The minimum atomic E-state index is -3.87. The molecule has 0 saturated carbocycles. The summed E-state index contributed by atoms with van der Waals surface area (Å²) in [6.45, 7) is 0. The Morgan fingerprint density at radius 3 is 2.44 bits per heavy atom. The quantitative estimate of drug-likeness (QED) is 0.869. The van der Waals surface area contributed by atoms with Crippen molar-refractivity contribution >= 4 is 26.8 Å². The lowest BCUT2D eigenvalue weighted by Crippen LogP contribution is -2.55. The summed E-state index contributed by atoms with van der Waals surface area (Å²) in [6.07, 6.45) is 6.04. The average Bonchev–Trinajstić information content (AvgIpc) is 2.87. The summed E-state index contributed by atoms with van der Waals surface area (Å²) in [7, 11) is -1.74. The molecule has 27 heavy (non-hydrogen) atoms. The van der Waals surface area contributed by atoms with Crippen molar-refractivity contribution in [1.82, 2.24) is 14.2 Å². The molecule has 4 rings (SSSR count). The minimum Gasteiger partial charge on any atom is -0.349 e. The first-order valence-corrected chi connectivity index (χ1v) is 11.1. The van der Waals surface area contributed by atoms with Crippen molar-refractivity contribution in [2.45, 2.75) is 50.2 Å². The van der Waals surface area contributed by atoms with Crippen LogP contribution in [0, 0.1) is 5.95 Å². The smallest absolute Gasteiger partial charge is 0.256 e. The van der Waals surface area contributed by atoms with Crippen molar-refractivity contribution in [2.75, 3.05) is 13.3 Å². The molecule has 8 heteroatoms. The largest absolute Gasteiger partial charge is 0.349 e. The number of hydrogen-bond donors (Lipinski definition) is 1. The van der Waals surface area contributed by atoms with Crippen molar-refractivity contribution in [2.24, 2.45) is 0 Å². The molecule has 3 heterocycles. The number of piperidine rings is 2. The molecule has 0 radical (unpaired) electrons. The standard InChI is InChI=1S/C19H24FN3O3S/c1-22-13-6-5-7-14(22)11-12(10-13)21-19(24)17-15-8-3-4-9-16(15)23(18(17)20)27(2,25)26/h3-4,8-9,12-14H,5-7,10-11H2,1-2H3,(H,21,24). The van der Waals surface area contributed by atoms with Gasteiger partial charge in [0.05, 0.1) is 11.8 Å². The van der Waals surface area contributed by atoms with Gasteiger partial charge in [0.25, 0.3) is 5.91 Å². The van der Waals surface area contributed by atoms with E-state index < -0.39 is 21.9 Å². The van der Waals surface area contributed by atoms with E-state index in [2.05, 4.69) is 17.3 Å². The van der Waals surface area contributed by atoms with E-state index in [-0.39, 0.29) is 17.1 Å². The zero-order chi connectivity index (χ0) is 19.3. The maximum atomic E-state index is 15.0. The van der Waals surface area contributed by atoms with Gasteiger partial charge in [-0.15, -0.1) is 0 Å². The molecule has 2 aliphatic heterocycles. The summed E-state index contributed by atoms with van der Waals surface area (Å²) in [5.41, 5.74) is -0.0111. The lowest BCUT2D eigenvalue weighted by Gasteiger charge is -2.47. The molecule has 0 spiro atoms. The maximum Gasteiger partial charge on any atom is 0.256 e. The summed E-state index contributed by atoms with van der Waals surface area (Å²) in [5, 5.41) is 3.28. The summed E-state index contributed by atoms with van der Waals surface area (Å²) in [5.74, 6) is -1.57. The summed E-state index contributed by atoms with van der Waals surface area (Å²) in [6, 6.07) is 7.24. The highest BCUT2D eigenvalue weighted by molar-refractivity contribution is 7.89. The fraction of sp³-hybridized carbons (Fsp3) is 0.526. The van der Waals surface area contributed by atoms with Crippen LogP contribution in [0.3, 0.4) is 0 Å². The first-order valence-electron chi connectivity index (χ1n) is 9.29. The fourth-order valence-corrected chi connectivity index (χ4v) is 5.61. The molecule has 2 unspecified atom stereocenters. The zero-order valence-electron chi connectivity index (χ0n) is 15.5. The number of benzene rings is 1. The van der Waals surface area contributed by atoms with Crippen LogP contribution in [0.1, 0.15) is 42.5 Å². The number of nitrogens with zero attached hydrogens (tertiary/aromatic N) is 2. The number of carbonyl (C=O) groups excluding carboxylic acids is 1. The van der Waals surface area contributed by atoms with Gasteiger partial charge in [0.2, 0.25) is 16.0 Å². The van der Waals surface area contributed by atoms with E-state index in [0.717, 1.165) is 31.9 Å². The monoisotopic (exact) mass is 393 g/mol. The molecule has 146 valence electrons. The highest BCUT2D eigenvalue weighted by Crippen LogP contribution is 2.33. The fourth-order valence-electron chi connectivity index (χ4n) is 4.71. The van der Waals surface area contributed by atoms with Crippen molar-refractivity contribution in [3.63, 3.8) is 0 Å². The number of halogens is 1. The second kappa shape index (κ2) is 6.60. The van der Waals surface area contributed by atoms with Gasteiger partial charge in [0, 0.05) is 23.5 Å². The van der Waals surface area contributed by atoms with Crippen molar-refractivity contribution < 1.29 is 17.6 Å². The lowest BCUT2D eigenvalue weighted by molar-refractivity contribution is 0.0462. The van der Waals surface area contributed by atoms with Crippen LogP contribution in [0.5, 0.6) is 0 Å². The van der Waals surface area contributed by atoms with Crippen LogP contribution >= 0.6 is 0 Å². The Bertz CT molecular complexity index is 987. The topological polar surface area (TPSA) is 71.4 Å². The third kappa shape index (κ3) is 3.14. The van der Waals surface area contributed by atoms with Gasteiger partial charge in [-0.05, 0) is 38.8 Å². The Kier molecular flexibility index (Phi) is 4.50. The van der Waals surface area contributed by atoms with Crippen molar-refractivity contribution in [3.8, 4) is 0 Å². The molecule has 0 aliphatic carbocycles. The average molecular weight is 393 g/mol. The van der Waals surface area contributed by atoms with Crippen LogP contribution in [0.15, 0.2) is 24.3 Å². The van der Waals surface area contributed by atoms with Gasteiger partial charge in [-0.3, -0.25) is 4.79 Å². The molecule has 2 fully saturated rings. The van der Waals surface area contributed by atoms with E-state index >= 15 is 0 Å². The van der Waals surface area contributed by atoms with Crippen LogP contribution in [0.25, 0.3) is 10.9 Å². The first-order chi connectivity index (χ1) is 12.8. The number of carbonyl (C=O) groups is 1. The Balaban J connectivity index is 1.67. The Morgan fingerprint density at radius 2 is 1.81 bits per heavy atom. The van der Waals surface area contributed by atoms with Crippen molar-refractivity contribution in [1.29, 1.82) is 0 Å². The molecule has 2 aliphatic rings. The molecule has 1 aromatic carbocycles. The minimum absolute atomic E-state index is 0.0243. The van der Waals surface area contributed by atoms with Crippen LogP contribution in [0.2, 0.25) is 0 Å². The molecule has 2 saturated heterocycles. The summed E-state index contributed by atoms with van der Waals surface area (Å²) >= 11 is 0. The van der Waals surface area contributed by atoms with Crippen LogP contribution in [0.4, 0.5) is 4.39 Å². The predicted octanol–water partition coefficient (Wildman–Crippen LogP) is 2.33. The molecular formula is C19H24FN3O3S. The summed E-state index contributed by atoms with van der Waals surface area (Å²) < 4.78 is 39.7. The number of fused-ring (bicyclic) bond motifs is 3. The second-order valence-corrected chi connectivity index (χ2v) is 9.59. The third-order valence-corrected chi connectivity index (χ3v) is 7.03. The van der Waals surface area contributed by atoms with Crippen molar-refractivity contribution in [3.05, 3.63) is 35.8 Å². The second-order valence-electron chi connectivity index (χ2n) is 7.76. The van der Waals surface area contributed by atoms with E-state index in [9.17, 15) is 17.6 Å². The Hall–Kier alpha value is -1.93. The third-order valence-electron chi connectivity index (χ3n) is 6.01. The molecule has 2 bridgehead atoms. The van der Waals surface area contributed by atoms with Gasteiger partial charge in [-0.2, -0.15) is 4.39 Å². The number of hydrogen-bond acceptors (Lipinski definition) is 4. The Morgan fingerprint density at radius 1 is 1.19 bits per heavy atom. The van der Waals surface area contributed by atoms with Crippen LogP contribution < -0.4 is 5.32 Å². The molecule has 2 atom stereocenters. The lowest BCUT2D eigenvalue weighted by atomic mass is 9.82. The first kappa shape index (κ1) is 18.4. The molecular weight excluding hydrogens is 369 g/mol. The maximum absolute atomic E-state index is 15.0. The van der Waals surface area contributed by atoms with Gasteiger partial charge in [0.1, 0.15) is 5.56 Å². The molecule has 2 aromatic rings. The molecule has 1 N–H and O–H groups in total. The van der Waals surface area contributed by atoms with E-state index in [1.54, 1.807) is 18.2 Å². The summed E-state index contributed by atoms with van der Waals surface area (Å²) in [4.78, 5) is 15.3. The predicted molar refractivity (Wildman–Crippen MR) is 102 cm³/mol. The van der Waals surface area contributed by atoms with E-state index in [1.807, 2.05) is 0 Å². The van der Waals surface area contributed by atoms with Crippen LogP contribution in [-0.2, 0) is 10.0 Å². The number of aromatic nitrogens is 1. The van der Waals surface area contributed by atoms with Gasteiger partial charge >= 0.3 is 0 Å². The molecule has 6 nitrogen and oxygen atoms in total. The number of rotatable bonds is 3. The van der Waals surface area contributed by atoms with Gasteiger partial charge < -0.3 is 10.2 Å². The highest BCUT2D eigenvalue weighted by atomic mass is 32.2. The number of nitrogens with one attached hydrogen (secondary N) is 1. The highest BCUT2D eigenvalue weighted by Gasteiger charge is 2.37. The number of amides is 1. The Labute approximate surface area is 158 Å². The molecule has 1 aromatic heterocycles.